The maximum absolute atomic E-state index is 5.42. The van der Waals surface area contributed by atoms with Crippen molar-refractivity contribution in [1.82, 2.24) is 4.90 Å². The molecular formula is C23H33ClN2O2S. The van der Waals surface area contributed by atoms with Crippen LogP contribution in [0.25, 0.3) is 0 Å². The van der Waals surface area contributed by atoms with Gasteiger partial charge in [0, 0.05) is 43.3 Å². The Balaban J connectivity index is 0.00000300. The van der Waals surface area contributed by atoms with E-state index < -0.39 is 0 Å². The fourth-order valence-electron chi connectivity index (χ4n) is 3.54. The first-order chi connectivity index (χ1) is 13.7. The number of piperazine rings is 1. The van der Waals surface area contributed by atoms with E-state index in [1.807, 2.05) is 17.8 Å². The minimum Gasteiger partial charge on any atom is -0.493 e. The summed E-state index contributed by atoms with van der Waals surface area (Å²) < 4.78 is 10.7. The summed E-state index contributed by atoms with van der Waals surface area (Å²) >= 11 is 1.95. The number of halogens is 1. The van der Waals surface area contributed by atoms with Crippen molar-refractivity contribution in [2.75, 3.05) is 57.6 Å². The van der Waals surface area contributed by atoms with Gasteiger partial charge in [0.05, 0.1) is 14.2 Å². The Morgan fingerprint density at radius 3 is 2.38 bits per heavy atom. The van der Waals surface area contributed by atoms with E-state index in [0.717, 1.165) is 50.6 Å². The molecule has 2 aromatic carbocycles. The Hall–Kier alpha value is -1.56. The smallest absolute Gasteiger partial charge is 0.160 e. The van der Waals surface area contributed by atoms with Crippen molar-refractivity contribution in [2.45, 2.75) is 24.7 Å². The van der Waals surface area contributed by atoms with Gasteiger partial charge in [0.1, 0.15) is 0 Å². The van der Waals surface area contributed by atoms with Gasteiger partial charge in [-0.3, -0.25) is 4.90 Å². The summed E-state index contributed by atoms with van der Waals surface area (Å²) in [4.78, 5) is 6.46. The van der Waals surface area contributed by atoms with Crippen LogP contribution in [-0.2, 0) is 6.42 Å². The third kappa shape index (κ3) is 6.73. The largest absolute Gasteiger partial charge is 0.493 e. The maximum Gasteiger partial charge on any atom is 0.160 e. The summed E-state index contributed by atoms with van der Waals surface area (Å²) in [6, 6.07) is 15.2. The molecule has 160 valence electrons. The number of hydrogen-bond donors (Lipinski definition) is 0. The highest BCUT2D eigenvalue weighted by Crippen LogP contribution is 2.28. The second kappa shape index (κ2) is 12.2. The first kappa shape index (κ1) is 23.7. The molecule has 0 N–H and O–H groups in total. The van der Waals surface area contributed by atoms with Crippen LogP contribution in [0.2, 0.25) is 0 Å². The van der Waals surface area contributed by atoms with Crippen LogP contribution in [0.4, 0.5) is 5.69 Å². The molecule has 1 fully saturated rings. The van der Waals surface area contributed by atoms with Crippen molar-refractivity contribution >= 4 is 29.9 Å². The number of benzene rings is 2. The third-order valence-corrected chi connectivity index (χ3v) is 6.39. The predicted molar refractivity (Wildman–Crippen MR) is 127 cm³/mol. The molecule has 0 radical (unpaired) electrons. The number of hydrogen-bond acceptors (Lipinski definition) is 5. The normalized spacial score (nSPS) is 14.4. The zero-order valence-electron chi connectivity index (χ0n) is 17.7. The van der Waals surface area contributed by atoms with E-state index in [-0.39, 0.29) is 12.4 Å². The number of rotatable bonds is 9. The van der Waals surface area contributed by atoms with Crippen molar-refractivity contribution in [3.05, 3.63) is 48.0 Å². The van der Waals surface area contributed by atoms with Gasteiger partial charge in [-0.1, -0.05) is 19.1 Å². The van der Waals surface area contributed by atoms with Crippen LogP contribution in [0, 0.1) is 0 Å². The first-order valence-electron chi connectivity index (χ1n) is 10.1. The molecule has 0 amide bonds. The Labute approximate surface area is 186 Å². The van der Waals surface area contributed by atoms with Crippen molar-refractivity contribution in [1.29, 1.82) is 0 Å². The molecule has 6 heteroatoms. The van der Waals surface area contributed by atoms with Crippen molar-refractivity contribution in [3.63, 3.8) is 0 Å². The fourth-order valence-corrected chi connectivity index (χ4v) is 4.36. The highest BCUT2D eigenvalue weighted by Gasteiger charge is 2.17. The summed E-state index contributed by atoms with van der Waals surface area (Å²) in [7, 11) is 3.37. The molecule has 0 saturated carbocycles. The zero-order chi connectivity index (χ0) is 19.8. The molecule has 1 aliphatic rings. The van der Waals surface area contributed by atoms with Gasteiger partial charge in [-0.2, -0.15) is 0 Å². The molecule has 1 heterocycles. The van der Waals surface area contributed by atoms with Gasteiger partial charge in [0.2, 0.25) is 0 Å². The minimum absolute atomic E-state index is 0. The Morgan fingerprint density at radius 2 is 1.69 bits per heavy atom. The lowest BCUT2D eigenvalue weighted by Gasteiger charge is -2.36. The minimum atomic E-state index is 0. The average Bonchev–Trinajstić information content (AvgIpc) is 2.76. The Morgan fingerprint density at radius 1 is 0.931 bits per heavy atom. The second-order valence-corrected chi connectivity index (χ2v) is 8.28. The van der Waals surface area contributed by atoms with E-state index in [4.69, 9.17) is 9.47 Å². The average molecular weight is 437 g/mol. The van der Waals surface area contributed by atoms with Gasteiger partial charge in [-0.25, -0.2) is 0 Å². The molecule has 0 aromatic heterocycles. The van der Waals surface area contributed by atoms with Crippen LogP contribution in [0.15, 0.2) is 47.4 Å². The topological polar surface area (TPSA) is 24.9 Å². The van der Waals surface area contributed by atoms with E-state index in [1.54, 1.807) is 14.2 Å². The van der Waals surface area contributed by atoms with Gasteiger partial charge >= 0.3 is 0 Å². The summed E-state index contributed by atoms with van der Waals surface area (Å²) in [6.45, 7) is 7.72. The van der Waals surface area contributed by atoms with Crippen LogP contribution in [-0.4, -0.2) is 57.6 Å². The molecule has 0 bridgehead atoms. The molecule has 0 atom stereocenters. The molecular weight excluding hydrogens is 404 g/mol. The van der Waals surface area contributed by atoms with Crippen LogP contribution in [0.5, 0.6) is 11.5 Å². The third-order valence-electron chi connectivity index (χ3n) is 5.19. The Kier molecular flexibility index (Phi) is 9.98. The molecule has 4 nitrogen and oxygen atoms in total. The standard InChI is InChI=1S/C23H32N2O2S.ClH/c1-4-16-28-21-7-5-6-20(18-21)25-14-12-24(13-15-25)11-10-19-8-9-22(26-2)23(17-19)27-3;/h5-9,17-18H,4,10-16H2,1-3H3;1H. The molecule has 0 unspecified atom stereocenters. The number of anilines is 1. The highest BCUT2D eigenvalue weighted by molar-refractivity contribution is 7.99. The lowest BCUT2D eigenvalue weighted by molar-refractivity contribution is 0.261. The van der Waals surface area contributed by atoms with Gasteiger partial charge in [-0.15, -0.1) is 24.2 Å². The molecule has 1 saturated heterocycles. The van der Waals surface area contributed by atoms with Gasteiger partial charge in [0.25, 0.3) is 0 Å². The van der Waals surface area contributed by atoms with Gasteiger partial charge in [-0.05, 0) is 54.5 Å². The van der Waals surface area contributed by atoms with E-state index in [2.05, 4.69) is 53.1 Å². The summed E-state index contributed by atoms with van der Waals surface area (Å²) in [5, 5.41) is 0. The lowest BCUT2D eigenvalue weighted by atomic mass is 10.1. The molecule has 1 aliphatic heterocycles. The fraction of sp³-hybridized carbons (Fsp3) is 0.478. The lowest BCUT2D eigenvalue weighted by Crippen LogP contribution is -2.47. The molecule has 3 rings (SSSR count). The monoisotopic (exact) mass is 436 g/mol. The second-order valence-electron chi connectivity index (χ2n) is 7.11. The first-order valence-corrected chi connectivity index (χ1v) is 11.1. The Bertz CT molecular complexity index is 751. The van der Waals surface area contributed by atoms with E-state index in [0.29, 0.717) is 0 Å². The van der Waals surface area contributed by atoms with Crippen molar-refractivity contribution < 1.29 is 9.47 Å². The number of thioether (sulfide) groups is 1. The van der Waals surface area contributed by atoms with Gasteiger partial charge in [0.15, 0.2) is 11.5 Å². The molecule has 0 aliphatic carbocycles. The molecule has 29 heavy (non-hydrogen) atoms. The van der Waals surface area contributed by atoms with E-state index in [9.17, 15) is 0 Å². The van der Waals surface area contributed by atoms with E-state index in [1.165, 1.54) is 28.3 Å². The quantitative estimate of drug-likeness (QED) is 0.515. The van der Waals surface area contributed by atoms with Crippen molar-refractivity contribution in [3.8, 4) is 11.5 Å². The van der Waals surface area contributed by atoms with Crippen LogP contribution in [0.3, 0.4) is 0 Å². The molecule has 2 aromatic rings. The summed E-state index contributed by atoms with van der Waals surface area (Å²) in [5.41, 5.74) is 2.65. The molecule has 0 spiro atoms. The number of methoxy groups -OCH3 is 2. The van der Waals surface area contributed by atoms with Crippen molar-refractivity contribution in [2.24, 2.45) is 0 Å². The van der Waals surface area contributed by atoms with Crippen LogP contribution >= 0.6 is 24.2 Å². The van der Waals surface area contributed by atoms with E-state index >= 15 is 0 Å². The number of nitrogens with zero attached hydrogens (tertiary/aromatic N) is 2. The maximum atomic E-state index is 5.42. The van der Waals surface area contributed by atoms with Crippen LogP contribution in [0.1, 0.15) is 18.9 Å². The van der Waals surface area contributed by atoms with Gasteiger partial charge < -0.3 is 14.4 Å². The van der Waals surface area contributed by atoms with Crippen LogP contribution < -0.4 is 14.4 Å². The zero-order valence-corrected chi connectivity index (χ0v) is 19.4. The summed E-state index contributed by atoms with van der Waals surface area (Å²) in [5.74, 6) is 2.79. The predicted octanol–water partition coefficient (Wildman–Crippen LogP) is 4.99. The summed E-state index contributed by atoms with van der Waals surface area (Å²) in [6.07, 6.45) is 2.25. The SMILES string of the molecule is CCCSc1cccc(N2CCN(CCc3ccc(OC)c(OC)c3)CC2)c1.Cl. The highest BCUT2D eigenvalue weighted by atomic mass is 35.5. The number of ether oxygens (including phenoxy) is 2.